The molecule has 4 aliphatic rings. The number of pyridine rings is 1. The summed E-state index contributed by atoms with van der Waals surface area (Å²) in [5, 5.41) is 8.13. The zero-order valence-corrected chi connectivity index (χ0v) is 40.2. The molecular formula is C49H63N9O7S. The molecule has 2 unspecified atom stereocenters. The summed E-state index contributed by atoms with van der Waals surface area (Å²) in [5.41, 5.74) is 9.22. The van der Waals surface area contributed by atoms with Crippen LogP contribution >= 0.6 is 11.3 Å². The van der Waals surface area contributed by atoms with E-state index in [0.717, 1.165) is 51.1 Å². The van der Waals surface area contributed by atoms with Gasteiger partial charge in [0.1, 0.15) is 24.2 Å². The van der Waals surface area contributed by atoms with Crippen molar-refractivity contribution in [2.75, 3.05) is 54.0 Å². The molecule has 3 aromatic heterocycles. The topological polar surface area (TPSA) is 172 Å². The molecule has 2 N–H and O–H groups in total. The van der Waals surface area contributed by atoms with Crippen molar-refractivity contribution in [3.05, 3.63) is 70.8 Å². The van der Waals surface area contributed by atoms with Gasteiger partial charge in [-0.1, -0.05) is 40.3 Å². The highest BCUT2D eigenvalue weighted by atomic mass is 32.1. The SMILES string of the molecule is C=CC(=O)N(C)C[C@H]1CCN(C(=O)N(C)[C@H](C(=O)NC2Cc3nc(cs3)-c3ccc4c(c3)c3c(n4CC)-c4cccnc4[C@@H](OC)C3C(C)(C)COC(=O)[C@@H]3CCCN(N3)C2=O)C(C)C)C1. The molecule has 6 heterocycles. The molecule has 0 radical (unpaired) electrons. The number of thiazole rings is 1. The number of benzene rings is 1. The molecule has 5 amide bonds. The van der Waals surface area contributed by atoms with Gasteiger partial charge in [0.05, 0.1) is 28.7 Å². The van der Waals surface area contributed by atoms with Crippen molar-refractivity contribution < 1.29 is 33.4 Å². The number of ether oxygens (including phenoxy) is 2. The third kappa shape index (κ3) is 8.72. The van der Waals surface area contributed by atoms with Gasteiger partial charge >= 0.3 is 12.0 Å². The first kappa shape index (κ1) is 46.9. The van der Waals surface area contributed by atoms with E-state index in [9.17, 15) is 24.0 Å². The van der Waals surface area contributed by atoms with Gasteiger partial charge < -0.3 is 34.1 Å². The Morgan fingerprint density at radius 1 is 1.15 bits per heavy atom. The van der Waals surface area contributed by atoms with Crippen LogP contribution in [-0.4, -0.2) is 136 Å². The first-order valence-corrected chi connectivity index (χ1v) is 24.0. The molecule has 2 fully saturated rings. The van der Waals surface area contributed by atoms with Gasteiger partial charge in [0.25, 0.3) is 5.91 Å². The fourth-order valence-corrected chi connectivity index (χ4v) is 11.5. The van der Waals surface area contributed by atoms with Crippen LogP contribution in [-0.2, 0) is 41.6 Å². The zero-order chi connectivity index (χ0) is 47.2. The van der Waals surface area contributed by atoms with Crippen molar-refractivity contribution in [2.45, 2.75) is 97.0 Å². The van der Waals surface area contributed by atoms with Crippen LogP contribution in [0.1, 0.15) is 82.2 Å². The molecule has 2 saturated heterocycles. The average molecular weight is 922 g/mol. The number of hydrazine groups is 1. The minimum Gasteiger partial charge on any atom is -0.464 e. The first-order valence-electron chi connectivity index (χ1n) is 23.1. The monoisotopic (exact) mass is 921 g/mol. The number of likely N-dealkylation sites (tertiary alicyclic amines) is 1. The second kappa shape index (κ2) is 18.9. The standard InChI is InChI=1S/C49H63N9O7S/c1-10-38(59)54(7)24-29-18-21-56(25-29)48(63)55(8)42(28(3)4)45(60)52-34-23-37-51-35(26-66-37)30-16-17-36-32(22-30)39-40(44(64-9)41-31(14-12-19-50-41)43(39)57(36)11-2)49(5,6)27-65-47(62)33-15-13-20-58(53-33)46(34)61/h10,12,14,16-17,19,22,26,28-29,33-34,40,42,44,53H,1,11,13,15,18,20-21,23-25,27H2,2-9H3,(H,52,60)/t29-,33+,34?,40?,42+,44+/m1/s1. The van der Waals surface area contributed by atoms with Crippen LogP contribution in [0.5, 0.6) is 0 Å². The second-order valence-electron chi connectivity index (χ2n) is 19.2. The summed E-state index contributed by atoms with van der Waals surface area (Å²) >= 11 is 1.41. The Bertz CT molecular complexity index is 2530. The minimum atomic E-state index is -1.08. The van der Waals surface area contributed by atoms with E-state index in [-0.39, 0.29) is 42.7 Å². The number of cyclic esters (lactones) is 1. The van der Waals surface area contributed by atoms with Gasteiger partial charge in [0.2, 0.25) is 11.8 Å². The average Bonchev–Trinajstić information content (AvgIpc) is 4.06. The number of rotatable bonds is 9. The molecule has 3 aliphatic heterocycles. The van der Waals surface area contributed by atoms with Crippen LogP contribution in [0.2, 0.25) is 0 Å². The Labute approximate surface area is 390 Å². The molecular weight excluding hydrogens is 859 g/mol. The summed E-state index contributed by atoms with van der Waals surface area (Å²) < 4.78 is 14.9. The number of nitrogens with one attached hydrogen (secondary N) is 2. The molecule has 8 rings (SSSR count). The van der Waals surface area contributed by atoms with Crippen LogP contribution in [0, 0.1) is 17.3 Å². The second-order valence-corrected chi connectivity index (χ2v) is 20.2. The zero-order valence-electron chi connectivity index (χ0n) is 39.3. The molecule has 16 nitrogen and oxygen atoms in total. The molecule has 66 heavy (non-hydrogen) atoms. The van der Waals surface area contributed by atoms with Crippen molar-refractivity contribution >= 4 is 52.0 Å². The molecule has 4 aromatic rings. The summed E-state index contributed by atoms with van der Waals surface area (Å²) in [7, 11) is 5.04. The number of hydrogen-bond acceptors (Lipinski definition) is 11. The maximum atomic E-state index is 14.7. The quantitative estimate of drug-likeness (QED) is 0.155. The molecule has 352 valence electrons. The fourth-order valence-electron chi connectivity index (χ4n) is 10.7. The van der Waals surface area contributed by atoms with E-state index >= 15 is 0 Å². The lowest BCUT2D eigenvalue weighted by molar-refractivity contribution is -0.156. The predicted octanol–water partition coefficient (Wildman–Crippen LogP) is 5.78. The van der Waals surface area contributed by atoms with Crippen molar-refractivity contribution in [2.24, 2.45) is 17.3 Å². The third-order valence-electron chi connectivity index (χ3n) is 13.9. The predicted molar refractivity (Wildman–Crippen MR) is 252 cm³/mol. The number of likely N-dealkylation sites (N-methyl/N-ethyl adjacent to an activating group) is 2. The fraction of sp³-hybridized carbons (Fsp3) is 0.531. The number of aryl methyl sites for hydroxylation is 1. The van der Waals surface area contributed by atoms with E-state index in [0.29, 0.717) is 50.6 Å². The number of amides is 5. The summed E-state index contributed by atoms with van der Waals surface area (Å²) in [5.74, 6) is -2.04. The normalized spacial score (nSPS) is 23.2. The first-order chi connectivity index (χ1) is 31.6. The largest absolute Gasteiger partial charge is 0.464 e. The Kier molecular flexibility index (Phi) is 13.4. The van der Waals surface area contributed by atoms with Gasteiger partial charge in [-0.15, -0.1) is 11.3 Å². The third-order valence-corrected chi connectivity index (χ3v) is 14.8. The van der Waals surface area contributed by atoms with Gasteiger partial charge in [0, 0.05) is 105 Å². The van der Waals surface area contributed by atoms with Gasteiger partial charge in [0.15, 0.2) is 0 Å². The molecule has 17 heteroatoms. The molecule has 1 aliphatic carbocycles. The van der Waals surface area contributed by atoms with E-state index in [4.69, 9.17) is 19.4 Å². The number of aromatic nitrogens is 3. The van der Waals surface area contributed by atoms with E-state index in [1.807, 2.05) is 25.3 Å². The molecule has 6 bridgehead atoms. The minimum absolute atomic E-state index is 0.0731. The van der Waals surface area contributed by atoms with Crippen LogP contribution in [0.4, 0.5) is 4.79 Å². The summed E-state index contributed by atoms with van der Waals surface area (Å²) in [4.78, 5) is 84.2. The van der Waals surface area contributed by atoms with Crippen molar-refractivity contribution in [1.82, 2.24) is 45.0 Å². The number of carbonyl (C=O) groups is 5. The van der Waals surface area contributed by atoms with Crippen molar-refractivity contribution in [3.63, 3.8) is 0 Å². The van der Waals surface area contributed by atoms with Gasteiger partial charge in [-0.2, -0.15) is 0 Å². The number of carbonyl (C=O) groups excluding carboxylic acids is 5. The van der Waals surface area contributed by atoms with Crippen LogP contribution in [0.15, 0.2) is 54.6 Å². The highest BCUT2D eigenvalue weighted by Gasteiger charge is 2.48. The number of urea groups is 1. The van der Waals surface area contributed by atoms with Crippen LogP contribution in [0.25, 0.3) is 33.4 Å². The molecule has 1 aromatic carbocycles. The Morgan fingerprint density at radius 2 is 1.94 bits per heavy atom. The number of fused-ring (bicyclic) bond motifs is 8. The Morgan fingerprint density at radius 3 is 2.67 bits per heavy atom. The Hall–Kier alpha value is -5.65. The van der Waals surface area contributed by atoms with Crippen LogP contribution in [0.3, 0.4) is 0 Å². The number of hydrogen-bond donors (Lipinski definition) is 2. The molecule has 0 spiro atoms. The highest BCUT2D eigenvalue weighted by molar-refractivity contribution is 7.10. The maximum absolute atomic E-state index is 14.7. The van der Waals surface area contributed by atoms with E-state index in [1.54, 1.807) is 37.2 Å². The highest BCUT2D eigenvalue weighted by Crippen LogP contribution is 2.57. The summed E-state index contributed by atoms with van der Waals surface area (Å²) in [6.45, 7) is 16.2. The van der Waals surface area contributed by atoms with Crippen LogP contribution < -0.4 is 10.7 Å². The molecule has 0 saturated carbocycles. The lowest BCUT2D eigenvalue weighted by Crippen LogP contribution is -2.62. The number of nitrogens with zero attached hydrogens (tertiary/aromatic N) is 7. The van der Waals surface area contributed by atoms with Crippen molar-refractivity contribution in [1.29, 1.82) is 0 Å². The number of esters is 1. The van der Waals surface area contributed by atoms with Gasteiger partial charge in [-0.25, -0.2) is 15.2 Å². The smallest absolute Gasteiger partial charge is 0.324 e. The lowest BCUT2D eigenvalue weighted by Gasteiger charge is -2.42. The number of methoxy groups -OCH3 is 1. The molecule has 6 atom stereocenters. The maximum Gasteiger partial charge on any atom is 0.324 e. The van der Waals surface area contributed by atoms with E-state index in [1.165, 1.54) is 27.3 Å². The van der Waals surface area contributed by atoms with E-state index in [2.05, 4.69) is 66.9 Å². The Balaban J connectivity index is 1.14. The summed E-state index contributed by atoms with van der Waals surface area (Å²) in [6, 6.07) is 7.34. The van der Waals surface area contributed by atoms with Crippen molar-refractivity contribution in [3.8, 4) is 22.5 Å². The van der Waals surface area contributed by atoms with E-state index < -0.39 is 47.4 Å². The lowest BCUT2D eigenvalue weighted by atomic mass is 9.67. The summed E-state index contributed by atoms with van der Waals surface area (Å²) in [6.07, 6.45) is 4.42. The van der Waals surface area contributed by atoms with Gasteiger partial charge in [-0.05, 0) is 73.9 Å². The van der Waals surface area contributed by atoms with Gasteiger partial charge in [-0.3, -0.25) is 29.2 Å².